The summed E-state index contributed by atoms with van der Waals surface area (Å²) in [5, 5.41) is 24.7. The highest BCUT2D eigenvalue weighted by molar-refractivity contribution is 7.12. The van der Waals surface area contributed by atoms with Crippen LogP contribution in [-0.4, -0.2) is 96.7 Å². The summed E-state index contributed by atoms with van der Waals surface area (Å²) in [6.45, 7) is 3.65. The minimum atomic E-state index is -0.748. The third-order valence-corrected chi connectivity index (χ3v) is 5.68. The Morgan fingerprint density at radius 2 is 2.12 bits per heavy atom. The summed E-state index contributed by atoms with van der Waals surface area (Å²) < 4.78 is 5.82. The van der Waals surface area contributed by atoms with Gasteiger partial charge in [-0.3, -0.25) is 9.69 Å². The van der Waals surface area contributed by atoms with Gasteiger partial charge in [0.25, 0.3) is 5.91 Å². The van der Waals surface area contributed by atoms with Gasteiger partial charge in [0.15, 0.2) is 0 Å². The molecule has 1 aromatic heterocycles. The number of nitrogens with one attached hydrogen (secondary N) is 1. The van der Waals surface area contributed by atoms with E-state index in [0.717, 1.165) is 26.2 Å². The van der Waals surface area contributed by atoms with Crippen molar-refractivity contribution in [2.45, 2.75) is 24.4 Å². The van der Waals surface area contributed by atoms with Crippen LogP contribution in [0.25, 0.3) is 0 Å². The van der Waals surface area contributed by atoms with E-state index in [1.807, 2.05) is 11.4 Å². The number of hydrogen-bond donors (Lipinski definition) is 3. The predicted octanol–water partition coefficient (Wildman–Crippen LogP) is -0.785. The number of thiophene rings is 1. The summed E-state index contributed by atoms with van der Waals surface area (Å²) in [6.07, 6.45) is -1.68. The first kappa shape index (κ1) is 17.8. The highest BCUT2D eigenvalue weighted by atomic mass is 32.1. The van der Waals surface area contributed by atoms with Crippen LogP contribution in [0.15, 0.2) is 17.5 Å². The van der Waals surface area contributed by atoms with Crippen molar-refractivity contribution in [1.82, 2.24) is 15.1 Å². The van der Waals surface area contributed by atoms with E-state index in [2.05, 4.69) is 22.2 Å². The van der Waals surface area contributed by atoms with Gasteiger partial charge in [0, 0.05) is 32.7 Å². The van der Waals surface area contributed by atoms with Crippen LogP contribution in [0.5, 0.6) is 0 Å². The van der Waals surface area contributed by atoms with E-state index in [1.165, 1.54) is 11.3 Å². The van der Waals surface area contributed by atoms with Gasteiger partial charge in [0.2, 0.25) is 0 Å². The number of aliphatic hydroxyl groups is 2. The minimum Gasteiger partial charge on any atom is -0.394 e. The Morgan fingerprint density at radius 3 is 2.75 bits per heavy atom. The van der Waals surface area contributed by atoms with Gasteiger partial charge in [-0.15, -0.1) is 11.3 Å². The Bertz CT molecular complexity index is 533. The van der Waals surface area contributed by atoms with Gasteiger partial charge < -0.3 is 25.2 Å². The van der Waals surface area contributed by atoms with E-state index in [-0.39, 0.29) is 24.7 Å². The van der Waals surface area contributed by atoms with Crippen molar-refractivity contribution >= 4 is 17.2 Å². The van der Waals surface area contributed by atoms with Gasteiger partial charge in [-0.2, -0.15) is 0 Å². The van der Waals surface area contributed by atoms with Crippen molar-refractivity contribution in [1.29, 1.82) is 0 Å². The number of carbonyl (C=O) groups excluding carboxylic acids is 1. The van der Waals surface area contributed by atoms with E-state index < -0.39 is 12.2 Å². The fourth-order valence-corrected chi connectivity index (χ4v) is 4.04. The zero-order valence-corrected chi connectivity index (χ0v) is 14.6. The van der Waals surface area contributed by atoms with Crippen molar-refractivity contribution in [3.8, 4) is 0 Å². The van der Waals surface area contributed by atoms with E-state index in [1.54, 1.807) is 6.07 Å². The number of nitrogens with zero attached hydrogens (tertiary/aromatic N) is 2. The number of likely N-dealkylation sites (N-methyl/N-ethyl adjacent to an activating group) is 1. The van der Waals surface area contributed by atoms with Crippen molar-refractivity contribution in [3.05, 3.63) is 22.4 Å². The SMILES string of the molecule is CN1CCN([C@H]2[C@H](O)[C@H](CO)O[C@@H]2CNC(=O)c2cccs2)CC1. The number of aliphatic hydroxyl groups excluding tert-OH is 2. The van der Waals surface area contributed by atoms with E-state index in [4.69, 9.17) is 4.74 Å². The number of rotatable bonds is 5. The molecule has 8 heteroatoms. The Morgan fingerprint density at radius 1 is 1.38 bits per heavy atom. The zero-order chi connectivity index (χ0) is 17.1. The fourth-order valence-electron chi connectivity index (χ4n) is 3.40. The minimum absolute atomic E-state index is 0.132. The standard InChI is InChI=1S/C16H25N3O4S/c1-18-4-6-19(7-5-18)14-11(23-12(10-20)15(14)21)9-17-16(22)13-3-2-8-24-13/h2-3,8,11-12,14-15,20-21H,4-7,9-10H2,1H3,(H,17,22)/t11-,12+,14-,15-/m1/s1. The van der Waals surface area contributed by atoms with Gasteiger partial charge >= 0.3 is 0 Å². The Kier molecular flexibility index (Phi) is 5.85. The summed E-state index contributed by atoms with van der Waals surface area (Å²) in [5.74, 6) is -0.132. The quantitative estimate of drug-likeness (QED) is 0.642. The van der Waals surface area contributed by atoms with E-state index in [9.17, 15) is 15.0 Å². The highest BCUT2D eigenvalue weighted by Crippen LogP contribution is 2.26. The smallest absolute Gasteiger partial charge is 0.261 e. The molecule has 0 radical (unpaired) electrons. The van der Waals surface area contributed by atoms with Crippen LogP contribution in [0, 0.1) is 0 Å². The maximum Gasteiger partial charge on any atom is 0.261 e. The number of carbonyl (C=O) groups is 1. The lowest BCUT2D eigenvalue weighted by Gasteiger charge is -2.39. The Hall–Kier alpha value is -1.03. The molecule has 0 aromatic carbocycles. The van der Waals surface area contributed by atoms with Crippen LogP contribution in [-0.2, 0) is 4.74 Å². The maximum atomic E-state index is 12.1. The van der Waals surface area contributed by atoms with Gasteiger partial charge in [0.1, 0.15) is 12.2 Å². The average Bonchev–Trinajstić information content (AvgIpc) is 3.22. The predicted molar refractivity (Wildman–Crippen MR) is 91.3 cm³/mol. The summed E-state index contributed by atoms with van der Waals surface area (Å²) in [6, 6.07) is 3.41. The highest BCUT2D eigenvalue weighted by Gasteiger charge is 2.46. The summed E-state index contributed by atoms with van der Waals surface area (Å²) in [5.41, 5.74) is 0. The van der Waals surface area contributed by atoms with Crippen molar-refractivity contribution in [2.75, 3.05) is 46.4 Å². The molecule has 2 saturated heterocycles. The van der Waals surface area contributed by atoms with Crippen molar-refractivity contribution in [2.24, 2.45) is 0 Å². The summed E-state index contributed by atoms with van der Waals surface area (Å²) >= 11 is 1.39. The number of ether oxygens (including phenoxy) is 1. The Balaban J connectivity index is 1.63. The van der Waals surface area contributed by atoms with Crippen molar-refractivity contribution < 1.29 is 19.7 Å². The molecule has 2 aliphatic rings. The second kappa shape index (κ2) is 7.90. The molecule has 0 saturated carbocycles. The van der Waals surface area contributed by atoms with Gasteiger partial charge in [-0.05, 0) is 18.5 Å². The van der Waals surface area contributed by atoms with E-state index >= 15 is 0 Å². The molecular formula is C16H25N3O4S. The molecule has 2 aliphatic heterocycles. The number of hydrogen-bond acceptors (Lipinski definition) is 7. The molecule has 3 N–H and O–H groups in total. The van der Waals surface area contributed by atoms with Gasteiger partial charge in [0.05, 0.1) is 23.6 Å². The first-order chi connectivity index (χ1) is 11.6. The molecule has 3 heterocycles. The third kappa shape index (κ3) is 3.79. The fraction of sp³-hybridized carbons (Fsp3) is 0.688. The van der Waals surface area contributed by atoms with Crippen LogP contribution in [0.4, 0.5) is 0 Å². The molecule has 0 spiro atoms. The topological polar surface area (TPSA) is 85.3 Å². The van der Waals surface area contributed by atoms with Crippen molar-refractivity contribution in [3.63, 3.8) is 0 Å². The monoisotopic (exact) mass is 355 g/mol. The summed E-state index contributed by atoms with van der Waals surface area (Å²) in [7, 11) is 2.08. The molecular weight excluding hydrogens is 330 g/mol. The van der Waals surface area contributed by atoms with E-state index in [0.29, 0.717) is 11.4 Å². The Labute approximate surface area is 145 Å². The van der Waals surface area contributed by atoms with Crippen LogP contribution in [0.2, 0.25) is 0 Å². The number of amides is 1. The average molecular weight is 355 g/mol. The third-order valence-electron chi connectivity index (χ3n) is 4.81. The molecule has 2 fully saturated rings. The van der Waals surface area contributed by atoms with Crippen LogP contribution in [0.1, 0.15) is 9.67 Å². The summed E-state index contributed by atoms with van der Waals surface area (Å²) in [4.78, 5) is 17.2. The molecule has 7 nitrogen and oxygen atoms in total. The second-order valence-electron chi connectivity index (χ2n) is 6.40. The first-order valence-electron chi connectivity index (χ1n) is 8.29. The molecule has 0 unspecified atom stereocenters. The lowest BCUT2D eigenvalue weighted by molar-refractivity contribution is -0.0209. The largest absolute Gasteiger partial charge is 0.394 e. The molecule has 1 aromatic rings. The van der Waals surface area contributed by atoms with Gasteiger partial charge in [-0.1, -0.05) is 6.07 Å². The second-order valence-corrected chi connectivity index (χ2v) is 7.35. The van der Waals surface area contributed by atoms with Crippen LogP contribution in [0.3, 0.4) is 0 Å². The van der Waals surface area contributed by atoms with Crippen LogP contribution < -0.4 is 5.32 Å². The zero-order valence-electron chi connectivity index (χ0n) is 13.8. The van der Waals surface area contributed by atoms with Crippen LogP contribution >= 0.6 is 11.3 Å². The lowest BCUT2D eigenvalue weighted by atomic mass is 10.0. The molecule has 134 valence electrons. The molecule has 1 amide bonds. The molecule has 24 heavy (non-hydrogen) atoms. The molecule has 3 rings (SSSR count). The number of piperazine rings is 1. The maximum absolute atomic E-state index is 12.1. The van der Waals surface area contributed by atoms with Gasteiger partial charge in [-0.25, -0.2) is 0 Å². The molecule has 4 atom stereocenters. The molecule has 0 bridgehead atoms. The molecule has 0 aliphatic carbocycles. The normalized spacial score (nSPS) is 32.1. The lowest BCUT2D eigenvalue weighted by Crippen LogP contribution is -2.56. The first-order valence-corrected chi connectivity index (χ1v) is 9.17.